The summed E-state index contributed by atoms with van der Waals surface area (Å²) in [7, 11) is 0. The van der Waals surface area contributed by atoms with Crippen LogP contribution in [0, 0.1) is 17.3 Å². The van der Waals surface area contributed by atoms with Gasteiger partial charge in [0.2, 0.25) is 5.91 Å². The van der Waals surface area contributed by atoms with Gasteiger partial charge in [0.05, 0.1) is 5.41 Å². The summed E-state index contributed by atoms with van der Waals surface area (Å²) < 4.78 is 0. The molecule has 120 valence electrons. The van der Waals surface area contributed by atoms with E-state index in [4.69, 9.17) is 0 Å². The normalized spacial score (nSPS) is 32.4. The first-order valence-electron chi connectivity index (χ1n) is 8.47. The van der Waals surface area contributed by atoms with E-state index in [9.17, 15) is 14.7 Å². The fourth-order valence-corrected chi connectivity index (χ4v) is 4.01. The van der Waals surface area contributed by atoms with Crippen LogP contribution in [0.5, 0.6) is 0 Å². The van der Waals surface area contributed by atoms with Crippen molar-refractivity contribution in [2.24, 2.45) is 17.3 Å². The number of nitrogens with one attached hydrogen (secondary N) is 1. The summed E-state index contributed by atoms with van der Waals surface area (Å²) in [6.45, 7) is 4.40. The van der Waals surface area contributed by atoms with E-state index in [1.54, 1.807) is 0 Å². The van der Waals surface area contributed by atoms with Crippen LogP contribution in [0.2, 0.25) is 0 Å². The monoisotopic (exact) mass is 295 g/mol. The standard InChI is InChI=1S/C17H29NO3/c1-12-7-8-14(13(12)2)18-15(19)11-17(16(20)21)9-5-3-4-6-10-17/h12-14H,3-11H2,1-2H3,(H,18,19)(H,20,21). The summed E-state index contributed by atoms with van der Waals surface area (Å²) in [4.78, 5) is 24.1. The maximum Gasteiger partial charge on any atom is 0.310 e. The van der Waals surface area contributed by atoms with Gasteiger partial charge in [0, 0.05) is 12.5 Å². The molecular formula is C17H29NO3. The summed E-state index contributed by atoms with van der Waals surface area (Å²) in [5.41, 5.74) is -0.825. The lowest BCUT2D eigenvalue weighted by atomic mass is 9.77. The van der Waals surface area contributed by atoms with E-state index in [2.05, 4.69) is 19.2 Å². The molecule has 0 heterocycles. The number of hydrogen-bond acceptors (Lipinski definition) is 2. The highest BCUT2D eigenvalue weighted by Gasteiger charge is 2.41. The van der Waals surface area contributed by atoms with E-state index in [0.29, 0.717) is 24.7 Å². The topological polar surface area (TPSA) is 66.4 Å². The minimum Gasteiger partial charge on any atom is -0.481 e. The molecule has 0 saturated heterocycles. The summed E-state index contributed by atoms with van der Waals surface area (Å²) >= 11 is 0. The van der Waals surface area contributed by atoms with Gasteiger partial charge in [-0.15, -0.1) is 0 Å². The zero-order valence-electron chi connectivity index (χ0n) is 13.4. The third-order valence-electron chi connectivity index (χ3n) is 5.82. The molecule has 0 aromatic carbocycles. The Bertz CT molecular complexity index is 385. The Morgan fingerprint density at radius 2 is 1.71 bits per heavy atom. The molecule has 3 atom stereocenters. The molecule has 2 aliphatic carbocycles. The van der Waals surface area contributed by atoms with Crippen molar-refractivity contribution < 1.29 is 14.7 Å². The number of amides is 1. The van der Waals surface area contributed by atoms with Crippen LogP contribution in [0.25, 0.3) is 0 Å². The molecule has 4 nitrogen and oxygen atoms in total. The predicted octanol–water partition coefficient (Wildman–Crippen LogP) is 3.35. The van der Waals surface area contributed by atoms with Gasteiger partial charge in [-0.2, -0.15) is 0 Å². The number of carbonyl (C=O) groups excluding carboxylic acids is 1. The fraction of sp³-hybridized carbons (Fsp3) is 0.882. The van der Waals surface area contributed by atoms with Gasteiger partial charge >= 0.3 is 5.97 Å². The lowest BCUT2D eigenvalue weighted by molar-refractivity contribution is -0.153. The molecule has 1 amide bonds. The highest BCUT2D eigenvalue weighted by atomic mass is 16.4. The van der Waals surface area contributed by atoms with Gasteiger partial charge in [-0.1, -0.05) is 39.5 Å². The van der Waals surface area contributed by atoms with E-state index < -0.39 is 11.4 Å². The average molecular weight is 295 g/mol. The van der Waals surface area contributed by atoms with Gasteiger partial charge in [0.1, 0.15) is 0 Å². The van der Waals surface area contributed by atoms with Gasteiger partial charge in [-0.25, -0.2) is 0 Å². The van der Waals surface area contributed by atoms with Crippen LogP contribution >= 0.6 is 0 Å². The molecule has 0 aliphatic heterocycles. The highest BCUT2D eigenvalue weighted by molar-refractivity contribution is 5.85. The second-order valence-corrected chi connectivity index (χ2v) is 7.26. The van der Waals surface area contributed by atoms with Crippen molar-refractivity contribution in [2.45, 2.75) is 77.7 Å². The largest absolute Gasteiger partial charge is 0.481 e. The Labute approximate surface area is 127 Å². The zero-order chi connectivity index (χ0) is 15.5. The van der Waals surface area contributed by atoms with Crippen LogP contribution in [0.4, 0.5) is 0 Å². The van der Waals surface area contributed by atoms with Gasteiger partial charge in [0.15, 0.2) is 0 Å². The summed E-state index contributed by atoms with van der Waals surface area (Å²) in [6, 6.07) is 0.226. The fourth-order valence-electron chi connectivity index (χ4n) is 4.01. The molecule has 0 aromatic rings. The molecule has 2 N–H and O–H groups in total. The lowest BCUT2D eigenvalue weighted by Crippen LogP contribution is -2.42. The first-order valence-corrected chi connectivity index (χ1v) is 8.47. The van der Waals surface area contributed by atoms with E-state index in [-0.39, 0.29) is 18.4 Å². The second kappa shape index (κ2) is 6.80. The molecule has 21 heavy (non-hydrogen) atoms. The summed E-state index contributed by atoms with van der Waals surface area (Å²) in [6.07, 6.45) is 7.65. The SMILES string of the molecule is CC1CCC(NC(=O)CC2(C(=O)O)CCCCCC2)C1C. The Balaban J connectivity index is 1.97. The second-order valence-electron chi connectivity index (χ2n) is 7.26. The van der Waals surface area contributed by atoms with Gasteiger partial charge in [-0.05, 0) is 37.5 Å². The number of carbonyl (C=O) groups is 2. The van der Waals surface area contributed by atoms with Crippen molar-refractivity contribution in [3.05, 3.63) is 0 Å². The first-order chi connectivity index (χ1) is 9.94. The molecule has 0 spiro atoms. The molecule has 0 bridgehead atoms. The number of aliphatic carboxylic acids is 1. The van der Waals surface area contributed by atoms with Crippen LogP contribution in [0.3, 0.4) is 0 Å². The van der Waals surface area contributed by atoms with E-state index in [0.717, 1.165) is 38.5 Å². The van der Waals surface area contributed by atoms with Crippen LogP contribution in [-0.2, 0) is 9.59 Å². The van der Waals surface area contributed by atoms with Gasteiger partial charge in [-0.3, -0.25) is 9.59 Å². The van der Waals surface area contributed by atoms with Crippen molar-refractivity contribution in [3.63, 3.8) is 0 Å². The summed E-state index contributed by atoms with van der Waals surface area (Å²) in [5, 5.41) is 12.7. The van der Waals surface area contributed by atoms with Crippen LogP contribution < -0.4 is 5.32 Å². The Morgan fingerprint density at radius 1 is 1.10 bits per heavy atom. The van der Waals surface area contributed by atoms with E-state index in [1.807, 2.05) is 0 Å². The Morgan fingerprint density at radius 3 is 2.19 bits per heavy atom. The van der Waals surface area contributed by atoms with Crippen molar-refractivity contribution in [1.29, 1.82) is 0 Å². The molecule has 2 fully saturated rings. The number of carboxylic acid groups (broad SMARTS) is 1. The maximum absolute atomic E-state index is 12.4. The number of rotatable bonds is 4. The van der Waals surface area contributed by atoms with Crippen LogP contribution in [0.15, 0.2) is 0 Å². The van der Waals surface area contributed by atoms with Crippen molar-refractivity contribution in [3.8, 4) is 0 Å². The first kappa shape index (κ1) is 16.3. The molecule has 4 heteroatoms. The van der Waals surface area contributed by atoms with Crippen LogP contribution in [-0.4, -0.2) is 23.0 Å². The predicted molar refractivity (Wildman–Crippen MR) is 81.9 cm³/mol. The molecule has 3 unspecified atom stereocenters. The minimum atomic E-state index is -0.825. The smallest absolute Gasteiger partial charge is 0.310 e. The molecule has 2 aliphatic rings. The minimum absolute atomic E-state index is 0.0646. The molecular weight excluding hydrogens is 266 g/mol. The molecule has 2 rings (SSSR count). The molecule has 2 saturated carbocycles. The third-order valence-corrected chi connectivity index (χ3v) is 5.82. The van der Waals surface area contributed by atoms with Gasteiger partial charge in [0.25, 0.3) is 0 Å². The van der Waals surface area contributed by atoms with E-state index >= 15 is 0 Å². The Kier molecular flexibility index (Phi) is 5.28. The van der Waals surface area contributed by atoms with Crippen molar-refractivity contribution >= 4 is 11.9 Å². The summed E-state index contributed by atoms with van der Waals surface area (Å²) in [5.74, 6) is 0.281. The lowest BCUT2D eigenvalue weighted by Gasteiger charge is -2.28. The number of carboxylic acids is 1. The highest BCUT2D eigenvalue weighted by Crippen LogP contribution is 2.39. The van der Waals surface area contributed by atoms with Crippen LogP contribution in [0.1, 0.15) is 71.6 Å². The third kappa shape index (κ3) is 3.78. The average Bonchev–Trinajstić information content (AvgIpc) is 2.67. The quantitative estimate of drug-likeness (QED) is 0.782. The number of hydrogen-bond donors (Lipinski definition) is 2. The van der Waals surface area contributed by atoms with Crippen molar-refractivity contribution in [2.75, 3.05) is 0 Å². The maximum atomic E-state index is 12.4. The molecule has 0 aromatic heterocycles. The Hall–Kier alpha value is -1.06. The zero-order valence-corrected chi connectivity index (χ0v) is 13.4. The van der Waals surface area contributed by atoms with E-state index in [1.165, 1.54) is 0 Å². The van der Waals surface area contributed by atoms with Crippen molar-refractivity contribution in [1.82, 2.24) is 5.32 Å². The van der Waals surface area contributed by atoms with Gasteiger partial charge < -0.3 is 10.4 Å². The molecule has 0 radical (unpaired) electrons.